The Morgan fingerprint density at radius 3 is 2.64 bits per heavy atom. The molecule has 0 aliphatic rings. The smallest absolute Gasteiger partial charge is 0.324 e. The van der Waals surface area contributed by atoms with Crippen molar-refractivity contribution in [2.75, 3.05) is 39.2 Å². The summed E-state index contributed by atoms with van der Waals surface area (Å²) in [5, 5.41) is 11.5. The van der Waals surface area contributed by atoms with Crippen LogP contribution < -0.4 is 9.64 Å². The zero-order valence-corrected chi connectivity index (χ0v) is 17.4. The average Bonchev–Trinajstić information content (AvgIpc) is 3.30. The van der Waals surface area contributed by atoms with Gasteiger partial charge in [-0.05, 0) is 51.3 Å². The second-order valence-electron chi connectivity index (χ2n) is 6.34. The van der Waals surface area contributed by atoms with E-state index in [1.165, 1.54) is 23.5 Å². The van der Waals surface area contributed by atoms with Crippen LogP contribution in [0.1, 0.15) is 16.1 Å². The van der Waals surface area contributed by atoms with Crippen LogP contribution in [-0.2, 0) is 0 Å². The van der Waals surface area contributed by atoms with E-state index in [1.54, 1.807) is 12.0 Å². The highest BCUT2D eigenvalue weighted by molar-refractivity contribution is 7.22. The number of carbonyl (C=O) groups is 1. The quantitative estimate of drug-likeness (QED) is 0.406. The molecule has 3 rings (SSSR count). The van der Waals surface area contributed by atoms with Crippen LogP contribution in [0.15, 0.2) is 30.3 Å². The molecule has 148 valence electrons. The Labute approximate surface area is 170 Å². The van der Waals surface area contributed by atoms with Gasteiger partial charge in [-0.15, -0.1) is 0 Å². The molecule has 8 nitrogen and oxygen atoms in total. The highest BCUT2D eigenvalue weighted by Crippen LogP contribution is 2.33. The fourth-order valence-electron chi connectivity index (χ4n) is 2.64. The van der Waals surface area contributed by atoms with Gasteiger partial charge in [0.25, 0.3) is 5.91 Å². The topological polar surface area (TPSA) is 88.8 Å². The molecule has 0 saturated heterocycles. The molecule has 1 aromatic carbocycles. The van der Waals surface area contributed by atoms with Gasteiger partial charge in [0.1, 0.15) is 5.75 Å². The molecule has 0 radical (unpaired) electrons. The fraction of sp³-hybridized carbons (Fsp3) is 0.333. The van der Waals surface area contributed by atoms with Crippen molar-refractivity contribution in [3.63, 3.8) is 0 Å². The number of nitrogens with zero attached hydrogens (tertiary/aromatic N) is 4. The summed E-state index contributed by atoms with van der Waals surface area (Å²) >= 11 is 2.28. The van der Waals surface area contributed by atoms with Gasteiger partial charge in [-0.1, -0.05) is 22.7 Å². The van der Waals surface area contributed by atoms with Crippen molar-refractivity contribution in [2.45, 2.75) is 6.42 Å². The van der Waals surface area contributed by atoms with Crippen LogP contribution in [0.2, 0.25) is 0 Å². The van der Waals surface area contributed by atoms with Gasteiger partial charge in [-0.2, -0.15) is 0 Å². The Bertz CT molecular complexity index is 999. The van der Waals surface area contributed by atoms with E-state index in [9.17, 15) is 14.9 Å². The number of aromatic nitrogens is 1. The maximum absolute atomic E-state index is 13.1. The van der Waals surface area contributed by atoms with Crippen LogP contribution >= 0.6 is 22.7 Å². The van der Waals surface area contributed by atoms with E-state index in [2.05, 4.69) is 4.98 Å². The lowest BCUT2D eigenvalue weighted by Crippen LogP contribution is -2.32. The summed E-state index contributed by atoms with van der Waals surface area (Å²) in [4.78, 5) is 32.2. The van der Waals surface area contributed by atoms with Gasteiger partial charge >= 0.3 is 5.00 Å². The second-order valence-corrected chi connectivity index (χ2v) is 8.41. The van der Waals surface area contributed by atoms with Gasteiger partial charge in [0.2, 0.25) is 0 Å². The number of ether oxygens (including phenoxy) is 1. The standard InChI is InChI=1S/C18H20N4O4S2/c1-20(2)9-4-10-21(17(23)14-7-8-16(27-14)22(24)25)18-19-13-6-5-12(26-3)11-15(13)28-18/h5-8,11H,4,9-10H2,1-3H3. The Balaban J connectivity index is 1.93. The lowest BCUT2D eigenvalue weighted by Gasteiger charge is -2.20. The fourth-order valence-corrected chi connectivity index (χ4v) is 4.43. The molecule has 0 N–H and O–H groups in total. The molecule has 0 atom stereocenters. The van der Waals surface area contributed by atoms with Crippen LogP contribution in [-0.4, -0.2) is 55.0 Å². The zero-order valence-electron chi connectivity index (χ0n) is 15.7. The van der Waals surface area contributed by atoms with Crippen LogP contribution in [0.4, 0.5) is 10.1 Å². The predicted octanol–water partition coefficient (Wildman–Crippen LogP) is 3.87. The van der Waals surface area contributed by atoms with Crippen molar-refractivity contribution in [3.05, 3.63) is 45.3 Å². The minimum absolute atomic E-state index is 0.0503. The highest BCUT2D eigenvalue weighted by atomic mass is 32.1. The Morgan fingerprint density at radius 2 is 2.00 bits per heavy atom. The Morgan fingerprint density at radius 1 is 1.21 bits per heavy atom. The van der Waals surface area contributed by atoms with Crippen LogP contribution in [0, 0.1) is 10.1 Å². The molecule has 28 heavy (non-hydrogen) atoms. The predicted molar refractivity (Wildman–Crippen MR) is 112 cm³/mol. The Kier molecular flexibility index (Phi) is 6.22. The summed E-state index contributed by atoms with van der Waals surface area (Å²) in [6.45, 7) is 1.28. The van der Waals surface area contributed by atoms with E-state index in [0.29, 0.717) is 16.6 Å². The summed E-state index contributed by atoms with van der Waals surface area (Å²) in [6.07, 6.45) is 0.755. The summed E-state index contributed by atoms with van der Waals surface area (Å²) < 4.78 is 6.17. The molecule has 0 saturated carbocycles. The summed E-state index contributed by atoms with van der Waals surface area (Å²) in [5.74, 6) is 0.449. The van der Waals surface area contributed by atoms with E-state index in [4.69, 9.17) is 4.74 Å². The van der Waals surface area contributed by atoms with Crippen molar-refractivity contribution < 1.29 is 14.5 Å². The third-order valence-corrected chi connectivity index (χ3v) is 6.10. The molecule has 0 aliphatic heterocycles. The molecule has 0 spiro atoms. The maximum atomic E-state index is 13.1. The lowest BCUT2D eigenvalue weighted by molar-refractivity contribution is -0.380. The summed E-state index contributed by atoms with van der Waals surface area (Å²) in [7, 11) is 5.54. The number of hydrogen-bond donors (Lipinski definition) is 0. The number of thiazole rings is 1. The minimum atomic E-state index is -0.484. The number of rotatable bonds is 8. The van der Waals surface area contributed by atoms with Gasteiger partial charge in [0.15, 0.2) is 5.13 Å². The minimum Gasteiger partial charge on any atom is -0.497 e. The van der Waals surface area contributed by atoms with Crippen molar-refractivity contribution in [1.82, 2.24) is 9.88 Å². The van der Waals surface area contributed by atoms with Gasteiger partial charge in [0.05, 0.1) is 27.1 Å². The third kappa shape index (κ3) is 4.46. The number of fused-ring (bicyclic) bond motifs is 1. The molecule has 3 aromatic rings. The molecular formula is C18H20N4O4S2. The molecule has 2 heterocycles. The van der Waals surface area contributed by atoms with E-state index < -0.39 is 4.92 Å². The number of thiophene rings is 1. The third-order valence-electron chi connectivity index (χ3n) is 4.03. The first-order chi connectivity index (χ1) is 13.4. The molecule has 10 heteroatoms. The number of nitro groups is 1. The molecular weight excluding hydrogens is 400 g/mol. The number of anilines is 1. The van der Waals surface area contributed by atoms with Gasteiger partial charge in [-0.25, -0.2) is 4.98 Å². The average molecular weight is 421 g/mol. The van der Waals surface area contributed by atoms with Crippen molar-refractivity contribution in [3.8, 4) is 5.75 Å². The number of benzene rings is 1. The van der Waals surface area contributed by atoms with Gasteiger partial charge in [0, 0.05) is 12.6 Å². The van der Waals surface area contributed by atoms with E-state index in [1.807, 2.05) is 37.2 Å². The van der Waals surface area contributed by atoms with Crippen molar-refractivity contribution >= 4 is 48.9 Å². The largest absolute Gasteiger partial charge is 0.497 e. The first-order valence-corrected chi connectivity index (χ1v) is 10.2. The number of amides is 1. The molecule has 0 unspecified atom stereocenters. The van der Waals surface area contributed by atoms with Crippen LogP contribution in [0.25, 0.3) is 10.2 Å². The summed E-state index contributed by atoms with van der Waals surface area (Å²) in [5.41, 5.74) is 0.781. The highest BCUT2D eigenvalue weighted by Gasteiger charge is 2.24. The Hall–Kier alpha value is -2.56. The maximum Gasteiger partial charge on any atom is 0.324 e. The van der Waals surface area contributed by atoms with Crippen LogP contribution in [0.5, 0.6) is 5.75 Å². The molecule has 0 fully saturated rings. The van der Waals surface area contributed by atoms with Crippen molar-refractivity contribution in [1.29, 1.82) is 0 Å². The van der Waals surface area contributed by atoms with Crippen molar-refractivity contribution in [2.24, 2.45) is 0 Å². The molecule has 0 aliphatic carbocycles. The monoisotopic (exact) mass is 420 g/mol. The molecule has 2 aromatic heterocycles. The first-order valence-electron chi connectivity index (χ1n) is 8.54. The van der Waals surface area contributed by atoms with Gasteiger partial charge in [-0.3, -0.25) is 19.8 Å². The zero-order chi connectivity index (χ0) is 20.3. The van der Waals surface area contributed by atoms with E-state index >= 15 is 0 Å². The number of methoxy groups -OCH3 is 1. The first kappa shape index (κ1) is 20.2. The lowest BCUT2D eigenvalue weighted by atomic mass is 10.3. The number of hydrogen-bond acceptors (Lipinski definition) is 8. The normalized spacial score (nSPS) is 11.1. The molecule has 1 amide bonds. The van der Waals surface area contributed by atoms with E-state index in [-0.39, 0.29) is 10.9 Å². The number of carbonyl (C=O) groups excluding carboxylic acids is 1. The SMILES string of the molecule is COc1ccc2nc(N(CCCN(C)C)C(=O)c3ccc([N+](=O)[O-])s3)sc2c1. The van der Waals surface area contributed by atoms with E-state index in [0.717, 1.165) is 40.3 Å². The van der Waals surface area contributed by atoms with Crippen LogP contribution in [0.3, 0.4) is 0 Å². The molecule has 0 bridgehead atoms. The summed E-state index contributed by atoms with van der Waals surface area (Å²) in [6, 6.07) is 8.42. The second kappa shape index (κ2) is 8.63. The van der Waals surface area contributed by atoms with Gasteiger partial charge < -0.3 is 9.64 Å².